The van der Waals surface area contributed by atoms with Gasteiger partial charge in [0.1, 0.15) is 0 Å². The van der Waals surface area contributed by atoms with E-state index in [1.807, 2.05) is 36.4 Å². The Balaban J connectivity index is 1.92. The molecule has 3 nitrogen and oxygen atoms in total. The molecule has 1 aliphatic rings. The number of hydrogen-bond donors (Lipinski definition) is 2. The molecule has 0 aliphatic carbocycles. The van der Waals surface area contributed by atoms with E-state index in [-0.39, 0.29) is 11.9 Å². The number of rotatable bonds is 2. The third-order valence-electron chi connectivity index (χ3n) is 3.51. The Morgan fingerprint density at radius 3 is 2.74 bits per heavy atom. The molecular weight excluding hydrogens is 304 g/mol. The van der Waals surface area contributed by atoms with E-state index >= 15 is 0 Å². The van der Waals surface area contributed by atoms with Crippen LogP contribution in [0.1, 0.15) is 12.8 Å². The molecule has 0 spiro atoms. The smallest absolute Gasteiger partial charge is 0.241 e. The van der Waals surface area contributed by atoms with Crippen LogP contribution in [0.25, 0.3) is 10.8 Å². The summed E-state index contributed by atoms with van der Waals surface area (Å²) in [5.74, 6) is 0.0602. The lowest BCUT2D eigenvalue weighted by atomic mass is 10.1. The second-order valence-electron chi connectivity index (χ2n) is 4.78. The number of hydrogen-bond acceptors (Lipinski definition) is 2. The van der Waals surface area contributed by atoms with Crippen molar-refractivity contribution in [2.45, 2.75) is 18.9 Å². The number of carbonyl (C=O) groups excluding carboxylic acids is 1. The summed E-state index contributed by atoms with van der Waals surface area (Å²) in [5.41, 5.74) is 0.873. The molecule has 19 heavy (non-hydrogen) atoms. The first-order valence-electron chi connectivity index (χ1n) is 6.47. The Labute approximate surface area is 120 Å². The van der Waals surface area contributed by atoms with Crippen molar-refractivity contribution in [1.82, 2.24) is 5.32 Å². The summed E-state index contributed by atoms with van der Waals surface area (Å²) in [6, 6.07) is 11.9. The first kappa shape index (κ1) is 12.6. The Hall–Kier alpha value is -1.39. The van der Waals surface area contributed by atoms with Gasteiger partial charge in [0, 0.05) is 15.5 Å². The van der Waals surface area contributed by atoms with Crippen LogP contribution in [0, 0.1) is 0 Å². The van der Waals surface area contributed by atoms with E-state index in [0.29, 0.717) is 0 Å². The number of benzene rings is 2. The highest BCUT2D eigenvalue weighted by atomic mass is 79.9. The van der Waals surface area contributed by atoms with Gasteiger partial charge in [-0.15, -0.1) is 0 Å². The van der Waals surface area contributed by atoms with Crippen LogP contribution in [0.5, 0.6) is 0 Å². The second-order valence-corrected chi connectivity index (χ2v) is 5.63. The van der Waals surface area contributed by atoms with Crippen molar-refractivity contribution in [3.8, 4) is 0 Å². The van der Waals surface area contributed by atoms with Gasteiger partial charge in [-0.2, -0.15) is 0 Å². The first-order valence-corrected chi connectivity index (χ1v) is 7.26. The summed E-state index contributed by atoms with van der Waals surface area (Å²) in [6.45, 7) is 0.930. The minimum absolute atomic E-state index is 0.0533. The SMILES string of the molecule is O=C(Nc1ccc(Br)c2ccccc12)C1CCCN1. The van der Waals surface area contributed by atoms with Gasteiger partial charge in [0.2, 0.25) is 5.91 Å². The summed E-state index contributed by atoms with van der Waals surface area (Å²) in [7, 11) is 0. The minimum atomic E-state index is -0.0533. The molecule has 0 bridgehead atoms. The molecule has 4 heteroatoms. The van der Waals surface area contributed by atoms with Crippen LogP contribution in [0.15, 0.2) is 40.9 Å². The quantitative estimate of drug-likeness (QED) is 0.892. The molecule has 1 amide bonds. The molecule has 0 aromatic heterocycles. The van der Waals surface area contributed by atoms with E-state index in [9.17, 15) is 4.79 Å². The van der Waals surface area contributed by atoms with Gasteiger partial charge in [-0.05, 0) is 36.9 Å². The van der Waals surface area contributed by atoms with E-state index < -0.39 is 0 Å². The fraction of sp³-hybridized carbons (Fsp3) is 0.267. The number of anilines is 1. The molecule has 2 N–H and O–H groups in total. The van der Waals surface area contributed by atoms with Gasteiger partial charge < -0.3 is 10.6 Å². The van der Waals surface area contributed by atoms with Gasteiger partial charge in [0.25, 0.3) is 0 Å². The third-order valence-corrected chi connectivity index (χ3v) is 4.20. The highest BCUT2D eigenvalue weighted by Crippen LogP contribution is 2.30. The summed E-state index contributed by atoms with van der Waals surface area (Å²) >= 11 is 3.54. The van der Waals surface area contributed by atoms with Gasteiger partial charge in [0.15, 0.2) is 0 Å². The highest BCUT2D eigenvalue weighted by molar-refractivity contribution is 9.10. The average molecular weight is 319 g/mol. The molecular formula is C15H15BrN2O. The van der Waals surface area contributed by atoms with E-state index in [1.165, 1.54) is 0 Å². The van der Waals surface area contributed by atoms with Crippen LogP contribution in [-0.2, 0) is 4.79 Å². The van der Waals surface area contributed by atoms with Gasteiger partial charge >= 0.3 is 0 Å². The molecule has 0 saturated carbocycles. The Kier molecular flexibility index (Phi) is 3.53. The zero-order valence-corrected chi connectivity index (χ0v) is 12.0. The molecule has 1 fully saturated rings. The average Bonchev–Trinajstić information content (AvgIpc) is 2.96. The first-order chi connectivity index (χ1) is 9.25. The summed E-state index contributed by atoms with van der Waals surface area (Å²) in [5, 5.41) is 8.42. The molecule has 3 rings (SSSR count). The number of amides is 1. The highest BCUT2D eigenvalue weighted by Gasteiger charge is 2.22. The number of halogens is 1. The van der Waals surface area contributed by atoms with Crippen molar-refractivity contribution in [2.24, 2.45) is 0 Å². The molecule has 98 valence electrons. The fourth-order valence-electron chi connectivity index (χ4n) is 2.50. The summed E-state index contributed by atoms with van der Waals surface area (Å²) < 4.78 is 1.04. The van der Waals surface area contributed by atoms with Crippen LogP contribution < -0.4 is 10.6 Å². The van der Waals surface area contributed by atoms with Crippen molar-refractivity contribution in [3.63, 3.8) is 0 Å². The van der Waals surface area contributed by atoms with Crippen molar-refractivity contribution in [1.29, 1.82) is 0 Å². The van der Waals surface area contributed by atoms with E-state index in [4.69, 9.17) is 0 Å². The summed E-state index contributed by atoms with van der Waals surface area (Å²) in [6.07, 6.45) is 1.99. The normalized spacial score (nSPS) is 18.7. The molecule has 2 aromatic carbocycles. The van der Waals surface area contributed by atoms with Gasteiger partial charge in [-0.25, -0.2) is 0 Å². The third kappa shape index (κ3) is 2.51. The molecule has 0 radical (unpaired) electrons. The van der Waals surface area contributed by atoms with E-state index in [1.54, 1.807) is 0 Å². The zero-order chi connectivity index (χ0) is 13.2. The maximum atomic E-state index is 12.2. The molecule has 1 saturated heterocycles. The second kappa shape index (κ2) is 5.31. The molecule has 1 heterocycles. The van der Waals surface area contributed by atoms with Crippen LogP contribution in [0.2, 0.25) is 0 Å². The van der Waals surface area contributed by atoms with Crippen LogP contribution >= 0.6 is 15.9 Å². The Morgan fingerprint density at radius 2 is 2.00 bits per heavy atom. The van der Waals surface area contributed by atoms with Gasteiger partial charge in [0.05, 0.1) is 6.04 Å². The predicted molar refractivity (Wildman–Crippen MR) is 81.3 cm³/mol. The predicted octanol–water partition coefficient (Wildman–Crippen LogP) is 3.29. The number of nitrogens with one attached hydrogen (secondary N) is 2. The van der Waals surface area contributed by atoms with E-state index in [2.05, 4.69) is 26.6 Å². The summed E-state index contributed by atoms with van der Waals surface area (Å²) in [4.78, 5) is 12.2. The monoisotopic (exact) mass is 318 g/mol. The minimum Gasteiger partial charge on any atom is -0.324 e. The lowest BCUT2D eigenvalue weighted by molar-refractivity contribution is -0.117. The van der Waals surface area contributed by atoms with E-state index in [0.717, 1.165) is 40.3 Å². The maximum absolute atomic E-state index is 12.2. The molecule has 1 aliphatic heterocycles. The lowest BCUT2D eigenvalue weighted by Crippen LogP contribution is -2.35. The Morgan fingerprint density at radius 1 is 1.21 bits per heavy atom. The van der Waals surface area contributed by atoms with Crippen LogP contribution in [-0.4, -0.2) is 18.5 Å². The molecule has 2 aromatic rings. The van der Waals surface area contributed by atoms with Gasteiger partial charge in [-0.3, -0.25) is 4.79 Å². The Bertz CT molecular complexity index is 621. The van der Waals surface area contributed by atoms with Crippen LogP contribution in [0.4, 0.5) is 5.69 Å². The topological polar surface area (TPSA) is 41.1 Å². The van der Waals surface area contributed by atoms with Crippen molar-refractivity contribution in [2.75, 3.05) is 11.9 Å². The standard InChI is InChI=1S/C15H15BrN2O/c16-12-7-8-13(11-5-2-1-4-10(11)12)18-15(19)14-6-3-9-17-14/h1-2,4-5,7-8,14,17H,3,6,9H2,(H,18,19). The lowest BCUT2D eigenvalue weighted by Gasteiger charge is -2.13. The van der Waals surface area contributed by atoms with Crippen molar-refractivity contribution >= 4 is 38.3 Å². The largest absolute Gasteiger partial charge is 0.324 e. The molecule has 1 unspecified atom stereocenters. The van der Waals surface area contributed by atoms with Gasteiger partial charge in [-0.1, -0.05) is 40.2 Å². The van der Waals surface area contributed by atoms with Crippen molar-refractivity contribution in [3.05, 3.63) is 40.9 Å². The number of fused-ring (bicyclic) bond motifs is 1. The maximum Gasteiger partial charge on any atom is 0.241 e. The molecule has 1 atom stereocenters. The van der Waals surface area contributed by atoms with Crippen LogP contribution in [0.3, 0.4) is 0 Å². The van der Waals surface area contributed by atoms with Crippen molar-refractivity contribution < 1.29 is 4.79 Å². The fourth-order valence-corrected chi connectivity index (χ4v) is 2.98. The zero-order valence-electron chi connectivity index (χ0n) is 10.4. The number of carbonyl (C=O) groups is 1.